The second-order valence-electron chi connectivity index (χ2n) is 11.0. The number of benzene rings is 3. The molecule has 0 atom stereocenters. The molecule has 8 heteroatoms. The van der Waals surface area contributed by atoms with Crippen molar-refractivity contribution in [3.8, 4) is 0 Å². The lowest BCUT2D eigenvalue weighted by molar-refractivity contribution is -0.134. The quantitative estimate of drug-likeness (QED) is 0.467. The van der Waals surface area contributed by atoms with Crippen molar-refractivity contribution in [3.63, 3.8) is 0 Å². The van der Waals surface area contributed by atoms with Gasteiger partial charge in [-0.2, -0.15) is 0 Å². The first kappa shape index (κ1) is 26.1. The maximum Gasteiger partial charge on any atom is 0.335 e. The lowest BCUT2D eigenvalue weighted by Crippen LogP contribution is -2.56. The number of carbonyl (C=O) groups excluding carboxylic acids is 2. The molecular formula is C32H34N4O4. The predicted octanol–water partition coefficient (Wildman–Crippen LogP) is 4.01. The van der Waals surface area contributed by atoms with E-state index in [0.29, 0.717) is 26.2 Å². The van der Waals surface area contributed by atoms with Crippen LogP contribution in [0.5, 0.6) is 0 Å². The van der Waals surface area contributed by atoms with E-state index in [2.05, 4.69) is 21.9 Å². The minimum absolute atomic E-state index is 0.137. The van der Waals surface area contributed by atoms with E-state index in [1.165, 1.54) is 0 Å². The molecule has 40 heavy (non-hydrogen) atoms. The van der Waals surface area contributed by atoms with Crippen LogP contribution < -0.4 is 9.80 Å². The first-order valence-electron chi connectivity index (χ1n) is 14.0. The molecule has 0 unspecified atom stereocenters. The number of rotatable bonds is 8. The Morgan fingerprint density at radius 3 is 2.27 bits per heavy atom. The van der Waals surface area contributed by atoms with E-state index in [4.69, 9.17) is 0 Å². The van der Waals surface area contributed by atoms with Gasteiger partial charge >= 0.3 is 5.97 Å². The van der Waals surface area contributed by atoms with Crippen LogP contribution in [0.4, 0.5) is 11.4 Å². The van der Waals surface area contributed by atoms with Crippen molar-refractivity contribution in [2.75, 3.05) is 42.6 Å². The van der Waals surface area contributed by atoms with Gasteiger partial charge < -0.3 is 24.7 Å². The molecule has 2 amide bonds. The standard InChI is InChI=1S/C32H34N4O4/c37-29-21-26-7-4-5-10-28(26)35(29)18-6-17-33-19-15-32(16-20-33)31(40)34(23-36(32)27-8-2-1-3-9-27)22-24-11-13-25(14-12-24)30(38)39/h1-5,7-14H,6,15-23H2,(H,38,39). The smallest absolute Gasteiger partial charge is 0.335 e. The first-order valence-corrected chi connectivity index (χ1v) is 14.0. The highest BCUT2D eigenvalue weighted by molar-refractivity contribution is 6.01. The summed E-state index contributed by atoms with van der Waals surface area (Å²) in [6.45, 7) is 4.18. The Bertz CT molecular complexity index is 1400. The van der Waals surface area contributed by atoms with Gasteiger partial charge in [-0.05, 0) is 67.3 Å². The molecule has 0 bridgehead atoms. The van der Waals surface area contributed by atoms with Gasteiger partial charge in [0.2, 0.25) is 11.8 Å². The third-order valence-electron chi connectivity index (χ3n) is 8.62. The third-order valence-corrected chi connectivity index (χ3v) is 8.62. The molecule has 206 valence electrons. The Labute approximate surface area is 234 Å². The Morgan fingerprint density at radius 1 is 0.850 bits per heavy atom. The zero-order valence-corrected chi connectivity index (χ0v) is 22.5. The fraction of sp³-hybridized carbons (Fsp3) is 0.344. The van der Waals surface area contributed by atoms with Crippen molar-refractivity contribution in [1.82, 2.24) is 9.80 Å². The second kappa shape index (κ2) is 10.8. The third kappa shape index (κ3) is 4.84. The lowest BCUT2D eigenvalue weighted by Gasteiger charge is -2.43. The van der Waals surface area contributed by atoms with Crippen molar-refractivity contribution in [3.05, 3.63) is 95.6 Å². The summed E-state index contributed by atoms with van der Waals surface area (Å²) in [7, 11) is 0. The summed E-state index contributed by atoms with van der Waals surface area (Å²) in [5.41, 5.74) is 3.75. The van der Waals surface area contributed by atoms with Crippen LogP contribution in [0.1, 0.15) is 40.7 Å². The van der Waals surface area contributed by atoms with Gasteiger partial charge in [-0.25, -0.2) is 4.79 Å². The van der Waals surface area contributed by atoms with Crippen molar-refractivity contribution in [1.29, 1.82) is 0 Å². The molecular weight excluding hydrogens is 504 g/mol. The molecule has 0 aliphatic carbocycles. The zero-order chi connectivity index (χ0) is 27.7. The highest BCUT2D eigenvalue weighted by atomic mass is 16.4. The monoisotopic (exact) mass is 538 g/mol. The van der Waals surface area contributed by atoms with Gasteiger partial charge in [-0.1, -0.05) is 48.5 Å². The van der Waals surface area contributed by atoms with Crippen LogP contribution in [-0.4, -0.2) is 71.1 Å². The predicted molar refractivity (Wildman–Crippen MR) is 153 cm³/mol. The fourth-order valence-electron chi connectivity index (χ4n) is 6.46. The number of piperidine rings is 1. The number of carboxylic acids is 1. The number of amides is 2. The molecule has 0 saturated carbocycles. The Balaban J connectivity index is 1.12. The van der Waals surface area contributed by atoms with E-state index in [1.54, 1.807) is 24.3 Å². The van der Waals surface area contributed by atoms with Crippen LogP contribution >= 0.6 is 0 Å². The number of fused-ring (bicyclic) bond motifs is 1. The van der Waals surface area contributed by atoms with Crippen molar-refractivity contribution >= 4 is 29.2 Å². The highest BCUT2D eigenvalue weighted by Gasteiger charge is 2.53. The van der Waals surface area contributed by atoms with Crippen LogP contribution in [0.25, 0.3) is 0 Å². The highest BCUT2D eigenvalue weighted by Crippen LogP contribution is 2.40. The Morgan fingerprint density at radius 2 is 1.55 bits per heavy atom. The Hall–Kier alpha value is -4.17. The number of carbonyl (C=O) groups is 3. The average Bonchev–Trinajstić information content (AvgIpc) is 3.43. The first-order chi connectivity index (χ1) is 19.4. The summed E-state index contributed by atoms with van der Waals surface area (Å²) in [5.74, 6) is -0.647. The molecule has 1 N–H and O–H groups in total. The molecule has 3 aromatic rings. The van der Waals surface area contributed by atoms with Crippen LogP contribution in [0.2, 0.25) is 0 Å². The fourth-order valence-corrected chi connectivity index (χ4v) is 6.46. The summed E-state index contributed by atoms with van der Waals surface area (Å²) in [6, 6.07) is 24.9. The van der Waals surface area contributed by atoms with E-state index in [1.807, 2.05) is 52.3 Å². The van der Waals surface area contributed by atoms with Crippen molar-refractivity contribution in [2.45, 2.75) is 37.8 Å². The summed E-state index contributed by atoms with van der Waals surface area (Å²) < 4.78 is 0. The molecule has 0 aromatic heterocycles. The SMILES string of the molecule is O=C(O)c1ccc(CN2CN(c3ccccc3)C3(CCN(CCCN4C(=O)Cc5ccccc54)CC3)C2=O)cc1. The molecule has 1 spiro atoms. The number of likely N-dealkylation sites (tertiary alicyclic amines) is 1. The van der Waals surface area contributed by atoms with E-state index in [9.17, 15) is 19.5 Å². The van der Waals surface area contributed by atoms with E-state index >= 15 is 0 Å². The normalized spacial score (nSPS) is 18.6. The van der Waals surface area contributed by atoms with Gasteiger partial charge in [0.25, 0.3) is 0 Å². The maximum absolute atomic E-state index is 14.0. The average molecular weight is 539 g/mol. The Kier molecular flexibility index (Phi) is 7.02. The number of aromatic carboxylic acids is 1. The number of carboxylic acid groups (broad SMARTS) is 1. The van der Waals surface area contributed by atoms with Gasteiger partial charge in [0.15, 0.2) is 0 Å². The minimum atomic E-state index is -0.957. The van der Waals surface area contributed by atoms with Gasteiger partial charge in [0.05, 0.1) is 18.7 Å². The van der Waals surface area contributed by atoms with Gasteiger partial charge in [-0.3, -0.25) is 9.59 Å². The van der Waals surface area contributed by atoms with Gasteiger partial charge in [-0.15, -0.1) is 0 Å². The van der Waals surface area contributed by atoms with Gasteiger partial charge in [0.1, 0.15) is 5.54 Å². The summed E-state index contributed by atoms with van der Waals surface area (Å²) >= 11 is 0. The van der Waals surface area contributed by atoms with Crippen LogP contribution in [-0.2, 0) is 22.6 Å². The van der Waals surface area contributed by atoms with E-state index in [0.717, 1.165) is 61.4 Å². The summed E-state index contributed by atoms with van der Waals surface area (Å²) in [4.78, 5) is 46.3. The molecule has 3 aromatic carbocycles. The largest absolute Gasteiger partial charge is 0.478 e. The minimum Gasteiger partial charge on any atom is -0.478 e. The molecule has 3 aliphatic rings. The zero-order valence-electron chi connectivity index (χ0n) is 22.5. The van der Waals surface area contributed by atoms with E-state index in [-0.39, 0.29) is 17.4 Å². The second-order valence-corrected chi connectivity index (χ2v) is 11.0. The topological polar surface area (TPSA) is 84.4 Å². The van der Waals surface area contributed by atoms with Crippen LogP contribution in [0.15, 0.2) is 78.9 Å². The molecule has 3 aliphatic heterocycles. The number of nitrogens with zero attached hydrogens (tertiary/aromatic N) is 4. The molecule has 2 fully saturated rings. The van der Waals surface area contributed by atoms with Crippen molar-refractivity contribution in [2.24, 2.45) is 0 Å². The summed E-state index contributed by atoms with van der Waals surface area (Å²) in [5, 5.41) is 9.22. The lowest BCUT2D eigenvalue weighted by atomic mass is 9.85. The molecule has 3 heterocycles. The van der Waals surface area contributed by atoms with Crippen LogP contribution in [0, 0.1) is 0 Å². The molecule has 8 nitrogen and oxygen atoms in total. The number of hydrogen-bond donors (Lipinski definition) is 1. The molecule has 6 rings (SSSR count). The van der Waals surface area contributed by atoms with Crippen LogP contribution in [0.3, 0.4) is 0 Å². The number of anilines is 2. The molecule has 0 radical (unpaired) electrons. The number of hydrogen-bond acceptors (Lipinski definition) is 5. The van der Waals surface area contributed by atoms with Crippen molar-refractivity contribution < 1.29 is 19.5 Å². The molecule has 2 saturated heterocycles. The maximum atomic E-state index is 14.0. The summed E-state index contributed by atoms with van der Waals surface area (Å²) in [6.07, 6.45) is 2.85. The van der Waals surface area contributed by atoms with E-state index < -0.39 is 11.5 Å². The number of para-hydroxylation sites is 2. The van der Waals surface area contributed by atoms with Gasteiger partial charge in [0, 0.05) is 37.6 Å².